The maximum atomic E-state index is 3.59. The largest absolute Gasteiger partial charge is 0.317 e. The van der Waals surface area contributed by atoms with Gasteiger partial charge >= 0.3 is 0 Å². The Labute approximate surface area is 103 Å². The van der Waals surface area contributed by atoms with Crippen molar-refractivity contribution >= 4 is 37.4 Å². The van der Waals surface area contributed by atoms with Gasteiger partial charge in [0.1, 0.15) is 0 Å². The first-order valence-corrected chi connectivity index (χ1v) is 6.85. The van der Waals surface area contributed by atoms with Crippen LogP contribution in [0.15, 0.2) is 28.1 Å². The summed E-state index contributed by atoms with van der Waals surface area (Å²) in [6.45, 7) is 4.25. The van der Waals surface area contributed by atoms with Gasteiger partial charge in [-0.2, -0.15) is 0 Å². The summed E-state index contributed by atoms with van der Waals surface area (Å²) >= 11 is 5.41. The van der Waals surface area contributed by atoms with Gasteiger partial charge in [0.05, 0.1) is 0 Å². The molecule has 1 heterocycles. The molecule has 0 aliphatic heterocycles. The van der Waals surface area contributed by atoms with Crippen molar-refractivity contribution in [3.8, 4) is 0 Å². The molecule has 1 aromatic carbocycles. The van der Waals surface area contributed by atoms with Crippen LogP contribution in [-0.4, -0.2) is 13.1 Å². The van der Waals surface area contributed by atoms with Crippen LogP contribution in [0.4, 0.5) is 0 Å². The highest BCUT2D eigenvalue weighted by molar-refractivity contribution is 9.10. The van der Waals surface area contributed by atoms with Gasteiger partial charge in [-0.1, -0.05) is 19.1 Å². The Bertz CT molecular complexity index is 450. The van der Waals surface area contributed by atoms with Gasteiger partial charge in [0.25, 0.3) is 0 Å². The third kappa shape index (κ3) is 2.41. The summed E-state index contributed by atoms with van der Waals surface area (Å²) in [7, 11) is 0. The fraction of sp³-hybridized carbons (Fsp3) is 0.333. The molecule has 1 aromatic heterocycles. The van der Waals surface area contributed by atoms with Crippen LogP contribution in [0.25, 0.3) is 10.1 Å². The second-order valence-electron chi connectivity index (χ2n) is 3.48. The van der Waals surface area contributed by atoms with E-state index in [1.807, 2.05) is 11.3 Å². The molecule has 1 nitrogen and oxygen atoms in total. The van der Waals surface area contributed by atoms with E-state index in [1.54, 1.807) is 0 Å². The first kappa shape index (κ1) is 11.1. The summed E-state index contributed by atoms with van der Waals surface area (Å²) in [5.41, 5.74) is 1.46. The predicted octanol–water partition coefficient (Wildman–Crippen LogP) is 3.82. The van der Waals surface area contributed by atoms with Crippen molar-refractivity contribution in [3.05, 3.63) is 33.6 Å². The van der Waals surface area contributed by atoms with E-state index in [0.717, 1.165) is 19.5 Å². The zero-order chi connectivity index (χ0) is 10.7. The molecule has 0 bridgehead atoms. The van der Waals surface area contributed by atoms with Crippen LogP contribution in [-0.2, 0) is 6.42 Å². The molecule has 15 heavy (non-hydrogen) atoms. The number of halogens is 1. The van der Waals surface area contributed by atoms with Crippen LogP contribution in [0.1, 0.15) is 12.5 Å². The number of rotatable bonds is 4. The van der Waals surface area contributed by atoms with Gasteiger partial charge in [-0.05, 0) is 57.8 Å². The van der Waals surface area contributed by atoms with Gasteiger partial charge in [-0.25, -0.2) is 0 Å². The molecular formula is C12H14BrNS. The molecule has 0 saturated heterocycles. The minimum absolute atomic E-state index is 1.05. The van der Waals surface area contributed by atoms with Crippen molar-refractivity contribution in [2.24, 2.45) is 0 Å². The lowest BCUT2D eigenvalue weighted by Gasteiger charge is -2.00. The minimum atomic E-state index is 1.05. The molecule has 80 valence electrons. The Balaban J connectivity index is 2.25. The topological polar surface area (TPSA) is 12.0 Å². The molecule has 0 aliphatic rings. The zero-order valence-electron chi connectivity index (χ0n) is 8.72. The lowest BCUT2D eigenvalue weighted by Crippen LogP contribution is -2.15. The fourth-order valence-corrected chi connectivity index (χ4v) is 3.33. The van der Waals surface area contributed by atoms with Crippen LogP contribution in [0.3, 0.4) is 0 Å². The third-order valence-electron chi connectivity index (χ3n) is 2.45. The second kappa shape index (κ2) is 5.10. The van der Waals surface area contributed by atoms with E-state index in [9.17, 15) is 0 Å². The Hall–Kier alpha value is -0.380. The summed E-state index contributed by atoms with van der Waals surface area (Å²) in [5, 5.41) is 7.02. The SMILES string of the molecule is CCNCCc1csc2c(Br)cccc12. The van der Waals surface area contributed by atoms with E-state index >= 15 is 0 Å². The summed E-state index contributed by atoms with van der Waals surface area (Å²) in [6.07, 6.45) is 1.12. The summed E-state index contributed by atoms with van der Waals surface area (Å²) in [6, 6.07) is 6.42. The summed E-state index contributed by atoms with van der Waals surface area (Å²) in [4.78, 5) is 0. The van der Waals surface area contributed by atoms with Crippen molar-refractivity contribution in [2.45, 2.75) is 13.3 Å². The van der Waals surface area contributed by atoms with Gasteiger partial charge in [0.2, 0.25) is 0 Å². The lowest BCUT2D eigenvalue weighted by molar-refractivity contribution is 0.719. The van der Waals surface area contributed by atoms with Crippen molar-refractivity contribution in [2.75, 3.05) is 13.1 Å². The van der Waals surface area contributed by atoms with Crippen LogP contribution in [0.2, 0.25) is 0 Å². The fourth-order valence-electron chi connectivity index (χ4n) is 1.67. The van der Waals surface area contributed by atoms with Gasteiger partial charge in [-0.15, -0.1) is 11.3 Å². The van der Waals surface area contributed by atoms with Crippen molar-refractivity contribution in [1.82, 2.24) is 5.32 Å². The minimum Gasteiger partial charge on any atom is -0.317 e. The second-order valence-corrected chi connectivity index (χ2v) is 5.22. The van der Waals surface area contributed by atoms with Crippen molar-refractivity contribution in [3.63, 3.8) is 0 Å². The zero-order valence-corrected chi connectivity index (χ0v) is 11.1. The normalized spacial score (nSPS) is 11.1. The van der Waals surface area contributed by atoms with Crippen LogP contribution in [0.5, 0.6) is 0 Å². The maximum absolute atomic E-state index is 3.59. The highest BCUT2D eigenvalue weighted by Crippen LogP contribution is 2.32. The monoisotopic (exact) mass is 283 g/mol. The number of nitrogens with one attached hydrogen (secondary N) is 1. The summed E-state index contributed by atoms with van der Waals surface area (Å²) in [5.74, 6) is 0. The molecule has 0 aliphatic carbocycles. The van der Waals surface area contributed by atoms with E-state index in [1.165, 1.54) is 20.1 Å². The van der Waals surface area contributed by atoms with Gasteiger partial charge in [-0.3, -0.25) is 0 Å². The van der Waals surface area contributed by atoms with Crippen molar-refractivity contribution in [1.29, 1.82) is 0 Å². The Kier molecular flexibility index (Phi) is 3.78. The Morgan fingerprint density at radius 3 is 3.07 bits per heavy atom. The Morgan fingerprint density at radius 1 is 1.40 bits per heavy atom. The Morgan fingerprint density at radius 2 is 2.27 bits per heavy atom. The molecule has 0 unspecified atom stereocenters. The number of benzene rings is 1. The predicted molar refractivity (Wildman–Crippen MR) is 71.8 cm³/mol. The molecule has 1 N–H and O–H groups in total. The molecule has 2 aromatic rings. The van der Waals surface area contributed by atoms with E-state index in [-0.39, 0.29) is 0 Å². The first-order valence-electron chi connectivity index (χ1n) is 5.18. The highest BCUT2D eigenvalue weighted by Gasteiger charge is 2.05. The van der Waals surface area contributed by atoms with Gasteiger partial charge in [0.15, 0.2) is 0 Å². The molecule has 0 fully saturated rings. The molecule has 0 amide bonds. The maximum Gasteiger partial charge on any atom is 0.0487 e. The van der Waals surface area contributed by atoms with Gasteiger partial charge in [0, 0.05) is 9.17 Å². The molecule has 0 atom stereocenters. The average Bonchev–Trinajstić information content (AvgIpc) is 2.64. The number of fused-ring (bicyclic) bond motifs is 1. The number of hydrogen-bond donors (Lipinski definition) is 1. The van der Waals surface area contributed by atoms with Crippen molar-refractivity contribution < 1.29 is 0 Å². The van der Waals surface area contributed by atoms with E-state index < -0.39 is 0 Å². The molecule has 0 saturated carbocycles. The van der Waals surface area contributed by atoms with Gasteiger partial charge < -0.3 is 5.32 Å². The molecule has 2 rings (SSSR count). The number of likely N-dealkylation sites (N-methyl/N-ethyl adjacent to an activating group) is 1. The standard InChI is InChI=1S/C12H14BrNS/c1-2-14-7-6-9-8-15-12-10(9)4-3-5-11(12)13/h3-5,8,14H,2,6-7H2,1H3. The average molecular weight is 284 g/mol. The molecular weight excluding hydrogens is 270 g/mol. The quantitative estimate of drug-likeness (QED) is 0.842. The van der Waals surface area contributed by atoms with E-state index in [4.69, 9.17) is 0 Å². The smallest absolute Gasteiger partial charge is 0.0487 e. The van der Waals surface area contributed by atoms with E-state index in [0.29, 0.717) is 0 Å². The van der Waals surface area contributed by atoms with Crippen LogP contribution >= 0.6 is 27.3 Å². The highest BCUT2D eigenvalue weighted by atomic mass is 79.9. The molecule has 3 heteroatoms. The summed E-state index contributed by atoms with van der Waals surface area (Å²) < 4.78 is 2.57. The third-order valence-corrected chi connectivity index (χ3v) is 4.45. The molecule has 0 radical (unpaired) electrons. The van der Waals surface area contributed by atoms with E-state index in [2.05, 4.69) is 51.7 Å². The lowest BCUT2D eigenvalue weighted by atomic mass is 10.1. The number of hydrogen-bond acceptors (Lipinski definition) is 2. The first-order chi connectivity index (χ1) is 7.33. The number of thiophene rings is 1. The molecule has 0 spiro atoms. The van der Waals surface area contributed by atoms with Crippen LogP contribution < -0.4 is 5.32 Å². The van der Waals surface area contributed by atoms with Crippen LogP contribution in [0, 0.1) is 0 Å².